The summed E-state index contributed by atoms with van der Waals surface area (Å²) in [7, 11) is 0. The molecule has 2 bridgehead atoms. The van der Waals surface area contributed by atoms with Crippen LogP contribution < -0.4 is 15.7 Å². The van der Waals surface area contributed by atoms with Gasteiger partial charge in [-0.05, 0) is 24.1 Å². The average molecular weight is 386 g/mol. The quantitative estimate of drug-likeness (QED) is 0.777. The lowest BCUT2D eigenvalue weighted by molar-refractivity contribution is -0.135. The minimum Gasteiger partial charge on any atom is -0.484 e. The molecule has 8 heteroatoms. The van der Waals surface area contributed by atoms with Gasteiger partial charge in [-0.1, -0.05) is 6.92 Å². The van der Waals surface area contributed by atoms with E-state index in [2.05, 4.69) is 5.32 Å². The largest absolute Gasteiger partial charge is 0.484 e. The molecule has 2 atom stereocenters. The third kappa shape index (κ3) is 3.73. The highest BCUT2D eigenvalue weighted by molar-refractivity contribution is 5.84. The standard InChI is InChI=1S/C20H22N2O6/c1-2-12-5-19(24)28-17-6-15(3-4-16(12)17)27-11-18(23)22-7-13-9-26-10-14(8-22)21-20(13)25/h3-6,13-14H,2,7-11H2,1H3,(H,21,25)/t13-,14+/m1/s1. The maximum atomic E-state index is 12.6. The van der Waals surface area contributed by atoms with Crippen molar-refractivity contribution in [2.75, 3.05) is 32.9 Å². The first-order valence-corrected chi connectivity index (χ1v) is 9.39. The number of fused-ring (bicyclic) bond motifs is 4. The lowest BCUT2D eigenvalue weighted by atomic mass is 10.1. The summed E-state index contributed by atoms with van der Waals surface area (Å²) in [4.78, 5) is 38.0. The minimum atomic E-state index is -0.409. The summed E-state index contributed by atoms with van der Waals surface area (Å²) in [5, 5.41) is 3.75. The van der Waals surface area contributed by atoms with Gasteiger partial charge in [-0.2, -0.15) is 0 Å². The molecule has 28 heavy (non-hydrogen) atoms. The number of hydrogen-bond donors (Lipinski definition) is 1. The van der Waals surface area contributed by atoms with Crippen LogP contribution in [0.25, 0.3) is 11.0 Å². The Morgan fingerprint density at radius 2 is 2.11 bits per heavy atom. The van der Waals surface area contributed by atoms with E-state index in [1.165, 1.54) is 6.07 Å². The van der Waals surface area contributed by atoms with Crippen LogP contribution in [0.5, 0.6) is 5.75 Å². The lowest BCUT2D eigenvalue weighted by Gasteiger charge is -2.27. The number of nitrogens with one attached hydrogen (secondary N) is 1. The van der Waals surface area contributed by atoms with Crippen molar-refractivity contribution in [3.8, 4) is 5.75 Å². The molecule has 3 heterocycles. The molecule has 0 aliphatic carbocycles. The first-order chi connectivity index (χ1) is 13.5. The second-order valence-electron chi connectivity index (χ2n) is 7.13. The molecule has 2 aliphatic heterocycles. The number of ether oxygens (including phenoxy) is 2. The van der Waals surface area contributed by atoms with Crippen molar-refractivity contribution in [3.63, 3.8) is 0 Å². The highest BCUT2D eigenvalue weighted by atomic mass is 16.5. The van der Waals surface area contributed by atoms with E-state index in [9.17, 15) is 14.4 Å². The Morgan fingerprint density at radius 1 is 1.25 bits per heavy atom. The van der Waals surface area contributed by atoms with Gasteiger partial charge in [0.05, 0.1) is 25.2 Å². The molecule has 0 spiro atoms. The molecule has 2 saturated heterocycles. The molecule has 1 aromatic carbocycles. The van der Waals surface area contributed by atoms with Crippen LogP contribution in [-0.2, 0) is 20.7 Å². The maximum absolute atomic E-state index is 12.6. The van der Waals surface area contributed by atoms with Crippen molar-refractivity contribution >= 4 is 22.8 Å². The Hall–Kier alpha value is -2.87. The molecule has 1 aromatic heterocycles. The van der Waals surface area contributed by atoms with E-state index in [0.29, 0.717) is 44.1 Å². The zero-order chi connectivity index (χ0) is 19.7. The van der Waals surface area contributed by atoms with Crippen molar-refractivity contribution in [2.24, 2.45) is 5.92 Å². The third-order valence-electron chi connectivity index (χ3n) is 5.13. The number of rotatable bonds is 4. The zero-order valence-electron chi connectivity index (χ0n) is 15.6. The summed E-state index contributed by atoms with van der Waals surface area (Å²) in [5.74, 6) is -0.184. The summed E-state index contributed by atoms with van der Waals surface area (Å²) in [6, 6.07) is 6.49. The molecular formula is C20H22N2O6. The summed E-state index contributed by atoms with van der Waals surface area (Å²) in [5.41, 5.74) is 0.933. The average Bonchev–Trinajstić information content (AvgIpc) is 2.93. The van der Waals surface area contributed by atoms with Gasteiger partial charge in [0.15, 0.2) is 6.61 Å². The summed E-state index contributed by atoms with van der Waals surface area (Å²) < 4.78 is 16.4. The summed E-state index contributed by atoms with van der Waals surface area (Å²) >= 11 is 0. The topological polar surface area (TPSA) is 98.1 Å². The van der Waals surface area contributed by atoms with Crippen LogP contribution in [0.2, 0.25) is 0 Å². The smallest absolute Gasteiger partial charge is 0.336 e. The van der Waals surface area contributed by atoms with Crippen molar-refractivity contribution in [1.82, 2.24) is 10.2 Å². The van der Waals surface area contributed by atoms with Crippen molar-refractivity contribution < 1.29 is 23.5 Å². The van der Waals surface area contributed by atoms with E-state index >= 15 is 0 Å². The summed E-state index contributed by atoms with van der Waals surface area (Å²) in [6.45, 7) is 3.25. The molecule has 2 fully saturated rings. The number of carbonyl (C=O) groups excluding carboxylic acids is 2. The van der Waals surface area contributed by atoms with E-state index in [1.54, 1.807) is 17.0 Å². The number of hydrogen-bond acceptors (Lipinski definition) is 6. The van der Waals surface area contributed by atoms with Crippen LogP contribution in [-0.4, -0.2) is 55.7 Å². The van der Waals surface area contributed by atoms with Crippen molar-refractivity contribution in [3.05, 3.63) is 40.2 Å². The maximum Gasteiger partial charge on any atom is 0.336 e. The highest BCUT2D eigenvalue weighted by Crippen LogP contribution is 2.23. The van der Waals surface area contributed by atoms with E-state index < -0.39 is 5.63 Å². The van der Waals surface area contributed by atoms with E-state index in [-0.39, 0.29) is 30.4 Å². The monoisotopic (exact) mass is 386 g/mol. The first kappa shape index (κ1) is 18.5. The molecule has 0 saturated carbocycles. The van der Waals surface area contributed by atoms with Crippen LogP contribution >= 0.6 is 0 Å². The highest BCUT2D eigenvalue weighted by Gasteiger charge is 2.35. The number of benzene rings is 1. The molecule has 0 radical (unpaired) electrons. The first-order valence-electron chi connectivity index (χ1n) is 9.39. The minimum absolute atomic E-state index is 0.0741. The van der Waals surface area contributed by atoms with Crippen LogP contribution in [0, 0.1) is 5.92 Å². The molecule has 2 aromatic rings. The molecule has 2 amide bonds. The Morgan fingerprint density at radius 3 is 2.93 bits per heavy atom. The van der Waals surface area contributed by atoms with Gasteiger partial charge < -0.3 is 24.1 Å². The molecule has 0 unspecified atom stereocenters. The van der Waals surface area contributed by atoms with Crippen molar-refractivity contribution in [1.29, 1.82) is 0 Å². The van der Waals surface area contributed by atoms with Crippen molar-refractivity contribution in [2.45, 2.75) is 19.4 Å². The van der Waals surface area contributed by atoms with E-state index in [0.717, 1.165) is 10.9 Å². The van der Waals surface area contributed by atoms with Gasteiger partial charge in [-0.3, -0.25) is 9.59 Å². The molecule has 2 aliphatic rings. The van der Waals surface area contributed by atoms with Gasteiger partial charge in [0.1, 0.15) is 11.3 Å². The van der Waals surface area contributed by atoms with Crippen LogP contribution in [0.4, 0.5) is 0 Å². The fourth-order valence-electron chi connectivity index (χ4n) is 3.66. The number of aryl methyl sites for hydroxylation is 1. The number of amides is 2. The Balaban J connectivity index is 1.46. The molecule has 1 N–H and O–H groups in total. The fourth-order valence-corrected chi connectivity index (χ4v) is 3.66. The van der Waals surface area contributed by atoms with Gasteiger partial charge in [-0.15, -0.1) is 0 Å². The van der Waals surface area contributed by atoms with Crippen LogP contribution in [0.15, 0.2) is 33.5 Å². The molecular weight excluding hydrogens is 364 g/mol. The Kier molecular flexibility index (Phi) is 5.04. The molecule has 4 rings (SSSR count). The molecule has 148 valence electrons. The van der Waals surface area contributed by atoms with Gasteiger partial charge in [-0.25, -0.2) is 4.79 Å². The number of nitrogens with zero attached hydrogens (tertiary/aromatic N) is 1. The zero-order valence-corrected chi connectivity index (χ0v) is 15.6. The van der Waals surface area contributed by atoms with Gasteiger partial charge >= 0.3 is 5.63 Å². The number of carbonyl (C=O) groups is 2. The Labute approximate surface area is 161 Å². The predicted molar refractivity (Wildman–Crippen MR) is 100 cm³/mol. The summed E-state index contributed by atoms with van der Waals surface area (Å²) in [6.07, 6.45) is 0.717. The van der Waals surface area contributed by atoms with E-state index in [4.69, 9.17) is 13.9 Å². The molecule has 8 nitrogen and oxygen atoms in total. The second kappa shape index (κ2) is 7.63. The van der Waals surface area contributed by atoms with Gasteiger partial charge in [0, 0.05) is 30.6 Å². The van der Waals surface area contributed by atoms with E-state index in [1.807, 2.05) is 13.0 Å². The van der Waals surface area contributed by atoms with Crippen LogP contribution in [0.1, 0.15) is 12.5 Å². The fraction of sp³-hybridized carbons (Fsp3) is 0.450. The van der Waals surface area contributed by atoms with Crippen LogP contribution in [0.3, 0.4) is 0 Å². The predicted octanol–water partition coefficient (Wildman–Crippen LogP) is 0.708. The lowest BCUT2D eigenvalue weighted by Crippen LogP contribution is -2.45. The normalized spacial score (nSPS) is 21.9. The third-order valence-corrected chi connectivity index (χ3v) is 5.13. The Bertz CT molecular complexity index is 969. The van der Waals surface area contributed by atoms with Gasteiger partial charge in [0.25, 0.3) is 5.91 Å². The second-order valence-corrected chi connectivity index (χ2v) is 7.13. The van der Waals surface area contributed by atoms with Gasteiger partial charge in [0.2, 0.25) is 5.91 Å². The SMILES string of the molecule is CCc1cc(=O)oc2cc(OCC(=O)N3C[C@H]4COC[C@@H](C3)C(=O)N4)ccc12.